The van der Waals surface area contributed by atoms with E-state index < -0.39 is 0 Å². The maximum atomic E-state index is 4.20. The van der Waals surface area contributed by atoms with E-state index in [9.17, 15) is 0 Å². The van der Waals surface area contributed by atoms with Crippen LogP contribution in [0.2, 0.25) is 0 Å². The van der Waals surface area contributed by atoms with Crippen LogP contribution in [0, 0.1) is 0 Å². The second-order valence-electron chi connectivity index (χ2n) is 5.38. The van der Waals surface area contributed by atoms with Crippen LogP contribution in [0.3, 0.4) is 0 Å². The van der Waals surface area contributed by atoms with Crippen LogP contribution in [0.1, 0.15) is 26.5 Å². The van der Waals surface area contributed by atoms with E-state index in [1.807, 2.05) is 23.0 Å². The lowest BCUT2D eigenvalue weighted by Crippen LogP contribution is -2.22. The Morgan fingerprint density at radius 2 is 2.00 bits per heavy atom. The van der Waals surface area contributed by atoms with Gasteiger partial charge >= 0.3 is 0 Å². The molecule has 102 valence electrons. The van der Waals surface area contributed by atoms with Gasteiger partial charge in [-0.3, -0.25) is 0 Å². The first kappa shape index (κ1) is 13.9. The highest BCUT2D eigenvalue weighted by Gasteiger charge is 2.14. The Hall–Kier alpha value is -1.49. The van der Waals surface area contributed by atoms with Crippen molar-refractivity contribution in [3.8, 4) is 0 Å². The van der Waals surface area contributed by atoms with Gasteiger partial charge in [-0.05, 0) is 39.2 Å². The molecule has 0 aliphatic carbocycles. The van der Waals surface area contributed by atoms with Crippen LogP contribution in [0.25, 0.3) is 0 Å². The summed E-state index contributed by atoms with van der Waals surface area (Å²) in [6.45, 7) is 7.03. The lowest BCUT2D eigenvalue weighted by atomic mass is 10.1. The van der Waals surface area contributed by atoms with Gasteiger partial charge < -0.3 is 5.32 Å². The predicted octanol–water partition coefficient (Wildman–Crippen LogP) is 3.37. The van der Waals surface area contributed by atoms with Crippen molar-refractivity contribution < 1.29 is 0 Å². The SMILES string of the molecule is CSc1ccccc1NCc1cn(C(C)(C)C)nn1. The molecule has 0 fully saturated rings. The van der Waals surface area contributed by atoms with E-state index in [0.29, 0.717) is 6.54 Å². The van der Waals surface area contributed by atoms with Crippen molar-refractivity contribution in [2.75, 3.05) is 11.6 Å². The van der Waals surface area contributed by atoms with E-state index in [1.54, 1.807) is 11.8 Å². The first-order valence-corrected chi connectivity index (χ1v) is 7.52. The van der Waals surface area contributed by atoms with Gasteiger partial charge in [0.15, 0.2) is 0 Å². The van der Waals surface area contributed by atoms with Crippen LogP contribution in [0.5, 0.6) is 0 Å². The molecule has 0 aliphatic heterocycles. The number of anilines is 1. The first-order chi connectivity index (χ1) is 9.00. The summed E-state index contributed by atoms with van der Waals surface area (Å²) < 4.78 is 1.89. The van der Waals surface area contributed by atoms with Crippen LogP contribution >= 0.6 is 11.8 Å². The highest BCUT2D eigenvalue weighted by Crippen LogP contribution is 2.24. The van der Waals surface area contributed by atoms with E-state index in [1.165, 1.54) is 4.90 Å². The standard InChI is InChI=1S/C14H20N4S/c1-14(2,3)18-10-11(16-17-18)9-15-12-7-5-6-8-13(12)19-4/h5-8,10,15H,9H2,1-4H3. The molecule has 0 spiro atoms. The van der Waals surface area contributed by atoms with Gasteiger partial charge in [-0.25, -0.2) is 4.68 Å². The third kappa shape index (κ3) is 3.50. The lowest BCUT2D eigenvalue weighted by Gasteiger charge is -2.17. The molecule has 2 rings (SSSR count). The average molecular weight is 276 g/mol. The molecule has 0 amide bonds. The highest BCUT2D eigenvalue weighted by atomic mass is 32.2. The molecule has 1 heterocycles. The number of aromatic nitrogens is 3. The Kier molecular flexibility index (Phi) is 4.14. The summed E-state index contributed by atoms with van der Waals surface area (Å²) >= 11 is 1.74. The molecule has 19 heavy (non-hydrogen) atoms. The number of thioether (sulfide) groups is 1. The lowest BCUT2D eigenvalue weighted by molar-refractivity contribution is 0.347. The van der Waals surface area contributed by atoms with Gasteiger partial charge in [0.1, 0.15) is 5.69 Å². The van der Waals surface area contributed by atoms with Gasteiger partial charge in [0.2, 0.25) is 0 Å². The largest absolute Gasteiger partial charge is 0.378 e. The second kappa shape index (κ2) is 5.65. The summed E-state index contributed by atoms with van der Waals surface area (Å²) in [4.78, 5) is 1.24. The van der Waals surface area contributed by atoms with Crippen molar-refractivity contribution in [1.82, 2.24) is 15.0 Å². The Balaban J connectivity index is 2.05. The summed E-state index contributed by atoms with van der Waals surface area (Å²) in [5.74, 6) is 0. The van der Waals surface area contributed by atoms with Crippen molar-refractivity contribution in [2.24, 2.45) is 0 Å². The molecule has 0 saturated heterocycles. The molecule has 0 atom stereocenters. The summed E-state index contributed by atoms with van der Waals surface area (Å²) in [5, 5.41) is 11.8. The van der Waals surface area contributed by atoms with Crippen molar-refractivity contribution in [3.63, 3.8) is 0 Å². The second-order valence-corrected chi connectivity index (χ2v) is 6.23. The number of nitrogens with zero attached hydrogens (tertiary/aromatic N) is 3. The maximum absolute atomic E-state index is 4.20. The maximum Gasteiger partial charge on any atom is 0.102 e. The molecule has 1 aromatic heterocycles. The van der Waals surface area contributed by atoms with Crippen LogP contribution < -0.4 is 5.32 Å². The number of rotatable bonds is 4. The molecule has 1 N–H and O–H groups in total. The summed E-state index contributed by atoms with van der Waals surface area (Å²) in [6, 6.07) is 8.28. The zero-order valence-corrected chi connectivity index (χ0v) is 12.7. The predicted molar refractivity (Wildman–Crippen MR) is 80.6 cm³/mol. The van der Waals surface area contributed by atoms with Gasteiger partial charge in [0.05, 0.1) is 18.3 Å². The first-order valence-electron chi connectivity index (χ1n) is 6.29. The van der Waals surface area contributed by atoms with Crippen LogP contribution in [-0.2, 0) is 12.1 Å². The van der Waals surface area contributed by atoms with E-state index in [-0.39, 0.29) is 5.54 Å². The zero-order chi connectivity index (χ0) is 13.9. The van der Waals surface area contributed by atoms with Crippen molar-refractivity contribution in [3.05, 3.63) is 36.2 Å². The van der Waals surface area contributed by atoms with Crippen LogP contribution in [-0.4, -0.2) is 21.2 Å². The number of benzene rings is 1. The number of nitrogens with one attached hydrogen (secondary N) is 1. The Morgan fingerprint density at radius 1 is 1.26 bits per heavy atom. The minimum atomic E-state index is -0.0254. The van der Waals surface area contributed by atoms with Crippen molar-refractivity contribution in [2.45, 2.75) is 37.8 Å². The molecule has 0 bridgehead atoms. The summed E-state index contributed by atoms with van der Waals surface area (Å²) in [7, 11) is 0. The number of hydrogen-bond acceptors (Lipinski definition) is 4. The molecular formula is C14H20N4S. The van der Waals surface area contributed by atoms with E-state index >= 15 is 0 Å². The molecule has 0 radical (unpaired) electrons. The fourth-order valence-corrected chi connectivity index (χ4v) is 2.26. The molecule has 2 aromatic rings. The fourth-order valence-electron chi connectivity index (χ4n) is 1.68. The minimum absolute atomic E-state index is 0.0254. The number of hydrogen-bond donors (Lipinski definition) is 1. The van der Waals surface area contributed by atoms with Gasteiger partial charge in [-0.2, -0.15) is 0 Å². The monoisotopic (exact) mass is 276 g/mol. The molecule has 1 aromatic carbocycles. The Labute approximate surface area is 118 Å². The van der Waals surface area contributed by atoms with Crippen molar-refractivity contribution in [1.29, 1.82) is 0 Å². The van der Waals surface area contributed by atoms with Gasteiger partial charge in [0, 0.05) is 10.6 Å². The average Bonchev–Trinajstić information content (AvgIpc) is 2.85. The quantitative estimate of drug-likeness (QED) is 0.870. The van der Waals surface area contributed by atoms with Crippen LogP contribution in [0.4, 0.5) is 5.69 Å². The van der Waals surface area contributed by atoms with E-state index in [0.717, 1.165) is 11.4 Å². The zero-order valence-electron chi connectivity index (χ0n) is 11.8. The van der Waals surface area contributed by atoms with Gasteiger partial charge in [0.25, 0.3) is 0 Å². The molecular weight excluding hydrogens is 256 g/mol. The van der Waals surface area contributed by atoms with Crippen LogP contribution in [0.15, 0.2) is 35.4 Å². The molecule has 0 aliphatic rings. The Bertz CT molecular complexity index is 542. The topological polar surface area (TPSA) is 42.7 Å². The fraction of sp³-hybridized carbons (Fsp3) is 0.429. The summed E-state index contributed by atoms with van der Waals surface area (Å²) in [5.41, 5.74) is 2.06. The minimum Gasteiger partial charge on any atom is -0.378 e. The highest BCUT2D eigenvalue weighted by molar-refractivity contribution is 7.98. The third-order valence-corrected chi connectivity index (χ3v) is 3.59. The number of para-hydroxylation sites is 1. The Morgan fingerprint density at radius 3 is 2.63 bits per heavy atom. The molecule has 0 saturated carbocycles. The van der Waals surface area contributed by atoms with Gasteiger partial charge in [-0.1, -0.05) is 17.3 Å². The summed E-state index contributed by atoms with van der Waals surface area (Å²) in [6.07, 6.45) is 4.07. The molecule has 4 nitrogen and oxygen atoms in total. The van der Waals surface area contributed by atoms with Crippen molar-refractivity contribution >= 4 is 17.4 Å². The van der Waals surface area contributed by atoms with E-state index in [2.05, 4.69) is 54.8 Å². The normalized spacial score (nSPS) is 11.6. The smallest absolute Gasteiger partial charge is 0.102 e. The molecule has 5 heteroatoms. The third-order valence-electron chi connectivity index (χ3n) is 2.80. The van der Waals surface area contributed by atoms with E-state index in [4.69, 9.17) is 0 Å². The van der Waals surface area contributed by atoms with Gasteiger partial charge in [-0.15, -0.1) is 16.9 Å². The molecule has 0 unspecified atom stereocenters.